The second-order valence-electron chi connectivity index (χ2n) is 7.31. The average Bonchev–Trinajstić information content (AvgIpc) is 3.26. The summed E-state index contributed by atoms with van der Waals surface area (Å²) in [7, 11) is 0. The molecule has 1 aromatic carbocycles. The van der Waals surface area contributed by atoms with Crippen molar-refractivity contribution in [2.24, 2.45) is 0 Å². The van der Waals surface area contributed by atoms with Crippen LogP contribution in [0.15, 0.2) is 41.3 Å². The molecule has 1 aliphatic heterocycles. The monoisotopic (exact) mass is 352 g/mol. The highest BCUT2D eigenvalue weighted by molar-refractivity contribution is 5.95. The molecule has 0 bridgehead atoms. The van der Waals surface area contributed by atoms with Gasteiger partial charge in [-0.25, -0.2) is 0 Å². The molecule has 2 heterocycles. The van der Waals surface area contributed by atoms with Gasteiger partial charge in [0, 0.05) is 18.8 Å². The van der Waals surface area contributed by atoms with Crippen LogP contribution in [0.25, 0.3) is 0 Å². The van der Waals surface area contributed by atoms with E-state index >= 15 is 0 Å². The molecule has 1 aliphatic carbocycles. The fraction of sp³-hybridized carbons (Fsp3) is 0.429. The minimum absolute atomic E-state index is 0.0468. The number of pyridine rings is 1. The van der Waals surface area contributed by atoms with E-state index in [1.54, 1.807) is 10.8 Å². The molecular weight excluding hydrogens is 328 g/mol. The third-order valence-electron chi connectivity index (χ3n) is 5.41. The topological polar surface area (TPSA) is 60.3 Å². The van der Waals surface area contributed by atoms with E-state index in [1.165, 1.54) is 11.1 Å². The first-order chi connectivity index (χ1) is 12.6. The van der Waals surface area contributed by atoms with Gasteiger partial charge >= 0.3 is 0 Å². The summed E-state index contributed by atoms with van der Waals surface area (Å²) in [5.41, 5.74) is 3.29. The molecule has 5 heteroatoms. The molecular formula is C21H24N2O3. The molecule has 136 valence electrons. The maximum atomic E-state index is 12.9. The summed E-state index contributed by atoms with van der Waals surface area (Å²) in [6.45, 7) is 3.07. The van der Waals surface area contributed by atoms with Crippen LogP contribution >= 0.6 is 0 Å². The highest BCUT2D eigenvalue weighted by Gasteiger charge is 2.25. The summed E-state index contributed by atoms with van der Waals surface area (Å²) in [5.74, 6) is -0.271. The second kappa shape index (κ2) is 7.08. The lowest BCUT2D eigenvalue weighted by atomic mass is 10.1. The SMILES string of the molecule is Cc1ccn(CC2CCCO2)c(=O)c1C(=O)NC1Cc2ccccc2C1. The van der Waals surface area contributed by atoms with Crippen molar-refractivity contribution in [3.05, 3.63) is 69.1 Å². The number of nitrogens with one attached hydrogen (secondary N) is 1. The maximum absolute atomic E-state index is 12.9. The summed E-state index contributed by atoms with van der Waals surface area (Å²) in [6.07, 6.45) is 5.45. The van der Waals surface area contributed by atoms with E-state index in [0.717, 1.165) is 32.3 Å². The Bertz CT molecular complexity index is 856. The van der Waals surface area contributed by atoms with Gasteiger partial charge in [0.25, 0.3) is 11.5 Å². The van der Waals surface area contributed by atoms with E-state index in [1.807, 2.05) is 25.1 Å². The van der Waals surface area contributed by atoms with Crippen LogP contribution in [-0.4, -0.2) is 29.2 Å². The smallest absolute Gasteiger partial charge is 0.263 e. The summed E-state index contributed by atoms with van der Waals surface area (Å²) >= 11 is 0. The first-order valence-electron chi connectivity index (χ1n) is 9.31. The molecule has 1 fully saturated rings. The van der Waals surface area contributed by atoms with Crippen LogP contribution in [0.4, 0.5) is 0 Å². The van der Waals surface area contributed by atoms with Crippen LogP contribution < -0.4 is 10.9 Å². The Kier molecular flexibility index (Phi) is 4.64. The lowest BCUT2D eigenvalue weighted by Gasteiger charge is -2.16. The van der Waals surface area contributed by atoms with Crippen LogP contribution in [0.1, 0.15) is 39.9 Å². The first-order valence-corrected chi connectivity index (χ1v) is 9.31. The Morgan fingerprint density at radius 2 is 1.96 bits per heavy atom. The summed E-state index contributed by atoms with van der Waals surface area (Å²) in [4.78, 5) is 25.7. The van der Waals surface area contributed by atoms with Crippen molar-refractivity contribution in [1.29, 1.82) is 0 Å². The van der Waals surface area contributed by atoms with Gasteiger partial charge in [0.1, 0.15) is 5.56 Å². The number of hydrogen-bond acceptors (Lipinski definition) is 3. The third kappa shape index (κ3) is 3.31. The van der Waals surface area contributed by atoms with Crippen LogP contribution in [0, 0.1) is 6.92 Å². The van der Waals surface area contributed by atoms with Gasteiger partial charge < -0.3 is 14.6 Å². The van der Waals surface area contributed by atoms with Crippen molar-refractivity contribution in [2.75, 3.05) is 6.61 Å². The minimum Gasteiger partial charge on any atom is -0.376 e. The Balaban J connectivity index is 1.51. The van der Waals surface area contributed by atoms with Crippen molar-refractivity contribution >= 4 is 5.91 Å². The quantitative estimate of drug-likeness (QED) is 0.918. The number of nitrogens with zero attached hydrogens (tertiary/aromatic N) is 1. The van der Waals surface area contributed by atoms with Crippen molar-refractivity contribution in [3.63, 3.8) is 0 Å². The van der Waals surface area contributed by atoms with Gasteiger partial charge in [0.05, 0.1) is 12.6 Å². The fourth-order valence-corrected chi connectivity index (χ4v) is 4.01. The lowest BCUT2D eigenvalue weighted by molar-refractivity contribution is 0.0919. The molecule has 26 heavy (non-hydrogen) atoms. The minimum atomic E-state index is -0.271. The number of amides is 1. The summed E-state index contributed by atoms with van der Waals surface area (Å²) < 4.78 is 7.24. The van der Waals surface area contributed by atoms with Crippen molar-refractivity contribution in [1.82, 2.24) is 9.88 Å². The largest absolute Gasteiger partial charge is 0.376 e. The molecule has 1 saturated heterocycles. The number of aryl methyl sites for hydroxylation is 1. The zero-order valence-electron chi connectivity index (χ0n) is 15.0. The normalized spacial score (nSPS) is 19.5. The Morgan fingerprint density at radius 3 is 2.62 bits per heavy atom. The third-order valence-corrected chi connectivity index (χ3v) is 5.41. The standard InChI is InChI=1S/C21H24N2O3/c1-14-8-9-23(13-18-7-4-10-26-18)21(25)19(14)20(24)22-17-11-15-5-2-3-6-16(15)12-17/h2-3,5-6,8-9,17-18H,4,7,10-13H2,1H3,(H,22,24). The van der Waals surface area contributed by atoms with E-state index in [2.05, 4.69) is 17.4 Å². The van der Waals surface area contributed by atoms with Gasteiger partial charge in [-0.15, -0.1) is 0 Å². The molecule has 1 aromatic heterocycles. The molecule has 1 unspecified atom stereocenters. The number of ether oxygens (including phenoxy) is 1. The van der Waals surface area contributed by atoms with Crippen LogP contribution in [0.5, 0.6) is 0 Å². The number of carbonyl (C=O) groups is 1. The average molecular weight is 352 g/mol. The maximum Gasteiger partial charge on any atom is 0.263 e. The number of benzene rings is 1. The predicted octanol–water partition coefficient (Wildman–Crippen LogP) is 2.23. The second-order valence-corrected chi connectivity index (χ2v) is 7.31. The molecule has 0 saturated carbocycles. The van der Waals surface area contributed by atoms with E-state index < -0.39 is 0 Å². The zero-order valence-corrected chi connectivity index (χ0v) is 15.0. The van der Waals surface area contributed by atoms with E-state index in [4.69, 9.17) is 4.74 Å². The molecule has 1 atom stereocenters. The first kappa shape index (κ1) is 17.0. The van der Waals surface area contributed by atoms with E-state index in [0.29, 0.717) is 12.1 Å². The van der Waals surface area contributed by atoms with Gasteiger partial charge in [-0.05, 0) is 55.4 Å². The summed E-state index contributed by atoms with van der Waals surface area (Å²) in [6, 6.07) is 10.1. The summed E-state index contributed by atoms with van der Waals surface area (Å²) in [5, 5.41) is 3.06. The van der Waals surface area contributed by atoms with Gasteiger partial charge in [-0.3, -0.25) is 9.59 Å². The zero-order chi connectivity index (χ0) is 18.1. The molecule has 0 radical (unpaired) electrons. The Morgan fingerprint density at radius 1 is 1.23 bits per heavy atom. The molecule has 0 spiro atoms. The number of aromatic nitrogens is 1. The molecule has 2 aliphatic rings. The molecule has 4 rings (SSSR count). The van der Waals surface area contributed by atoms with Crippen LogP contribution in [0.3, 0.4) is 0 Å². The van der Waals surface area contributed by atoms with Gasteiger partial charge in [-0.1, -0.05) is 24.3 Å². The van der Waals surface area contributed by atoms with Crippen LogP contribution in [-0.2, 0) is 24.1 Å². The number of rotatable bonds is 4. The highest BCUT2D eigenvalue weighted by Crippen LogP contribution is 2.22. The van der Waals surface area contributed by atoms with Crippen molar-refractivity contribution in [2.45, 2.75) is 51.3 Å². The Labute approximate surface area is 153 Å². The molecule has 2 aromatic rings. The van der Waals surface area contributed by atoms with Crippen LogP contribution in [0.2, 0.25) is 0 Å². The van der Waals surface area contributed by atoms with Gasteiger partial charge in [-0.2, -0.15) is 0 Å². The van der Waals surface area contributed by atoms with E-state index in [-0.39, 0.29) is 29.2 Å². The van der Waals surface area contributed by atoms with E-state index in [9.17, 15) is 9.59 Å². The van der Waals surface area contributed by atoms with Gasteiger partial charge in [0.2, 0.25) is 0 Å². The van der Waals surface area contributed by atoms with Crippen molar-refractivity contribution in [3.8, 4) is 0 Å². The number of hydrogen-bond donors (Lipinski definition) is 1. The van der Waals surface area contributed by atoms with Gasteiger partial charge in [0.15, 0.2) is 0 Å². The van der Waals surface area contributed by atoms with Crippen molar-refractivity contribution < 1.29 is 9.53 Å². The Hall–Kier alpha value is -2.40. The number of fused-ring (bicyclic) bond motifs is 1. The molecule has 1 N–H and O–H groups in total. The molecule has 1 amide bonds. The lowest BCUT2D eigenvalue weighted by Crippen LogP contribution is -2.40. The highest BCUT2D eigenvalue weighted by atomic mass is 16.5. The molecule has 5 nitrogen and oxygen atoms in total. The number of carbonyl (C=O) groups excluding carboxylic acids is 1. The fourth-order valence-electron chi connectivity index (χ4n) is 4.01. The predicted molar refractivity (Wildman–Crippen MR) is 99.5 cm³/mol.